The van der Waals surface area contributed by atoms with Gasteiger partial charge in [-0.25, -0.2) is 15.0 Å². The third kappa shape index (κ3) is 4.81. The molecule has 8 aromatic carbocycles. The predicted molar refractivity (Wildman–Crippen MR) is 253 cm³/mol. The van der Waals surface area contributed by atoms with Gasteiger partial charge in [0.05, 0.1) is 22.2 Å². The van der Waals surface area contributed by atoms with Crippen molar-refractivity contribution in [2.24, 2.45) is 0 Å². The van der Waals surface area contributed by atoms with Crippen LogP contribution in [0.1, 0.15) is 30.5 Å². The molecular weight excluding hydrogens is 777 g/mol. The summed E-state index contributed by atoms with van der Waals surface area (Å²) in [7, 11) is 0. The first-order chi connectivity index (χ1) is 31.1. The zero-order chi connectivity index (χ0) is 41.4. The van der Waals surface area contributed by atoms with Crippen molar-refractivity contribution in [3.05, 3.63) is 193 Å². The highest BCUT2D eigenvalue weighted by molar-refractivity contribution is 6.14. The molecule has 296 valence electrons. The first-order valence-corrected chi connectivity index (χ1v) is 21.3. The number of allylic oxidation sites excluding steroid dienone is 1. The van der Waals surface area contributed by atoms with E-state index >= 15 is 0 Å². The minimum atomic E-state index is -0.625. The van der Waals surface area contributed by atoms with E-state index in [0.29, 0.717) is 23.9 Å². The highest BCUT2D eigenvalue weighted by atomic mass is 16.3. The highest BCUT2D eigenvalue weighted by Gasteiger charge is 2.42. The molecule has 5 aromatic heterocycles. The van der Waals surface area contributed by atoms with Gasteiger partial charge in [-0.05, 0) is 72.6 Å². The van der Waals surface area contributed by atoms with E-state index in [4.69, 9.17) is 28.2 Å². The van der Waals surface area contributed by atoms with Crippen molar-refractivity contribution in [2.75, 3.05) is 0 Å². The Hall–Kier alpha value is -8.29. The van der Waals surface area contributed by atoms with E-state index in [2.05, 4.69) is 121 Å². The van der Waals surface area contributed by atoms with Gasteiger partial charge in [-0.2, -0.15) is 0 Å². The van der Waals surface area contributed by atoms with Gasteiger partial charge in [0.2, 0.25) is 0 Å². The van der Waals surface area contributed by atoms with Crippen molar-refractivity contribution in [1.82, 2.24) is 19.5 Å². The largest absolute Gasteiger partial charge is 0.458 e. The second kappa shape index (κ2) is 12.6. The Balaban J connectivity index is 1.04. The summed E-state index contributed by atoms with van der Waals surface area (Å²) in [5.74, 6) is 2.41. The maximum Gasteiger partial charge on any atom is 0.167 e. The van der Waals surface area contributed by atoms with Crippen molar-refractivity contribution >= 4 is 93.0 Å². The molecular formula is C56H34N4O3. The molecule has 0 radical (unpaired) electrons. The minimum absolute atomic E-state index is 0.505. The van der Waals surface area contributed by atoms with Crippen LogP contribution >= 0.6 is 0 Å². The van der Waals surface area contributed by atoms with Crippen LogP contribution in [0.4, 0.5) is 0 Å². The lowest BCUT2D eigenvalue weighted by atomic mass is 9.81. The van der Waals surface area contributed by atoms with Crippen LogP contribution in [0, 0.1) is 0 Å². The number of hydrogen-bond acceptors (Lipinski definition) is 6. The first-order valence-electron chi connectivity index (χ1n) is 21.3. The molecule has 5 heterocycles. The lowest BCUT2D eigenvalue weighted by molar-refractivity contribution is 0.333. The molecule has 0 N–H and O–H groups in total. The molecule has 14 rings (SSSR count). The summed E-state index contributed by atoms with van der Waals surface area (Å²) in [6.07, 6.45) is 2.92. The number of para-hydroxylation sites is 6. The topological polar surface area (TPSA) is 83.0 Å². The molecule has 0 aliphatic heterocycles. The molecule has 1 aliphatic rings. The summed E-state index contributed by atoms with van der Waals surface area (Å²) in [6.45, 7) is 2.30. The van der Waals surface area contributed by atoms with Crippen LogP contribution in [0.5, 0.6) is 0 Å². The molecule has 1 aliphatic carbocycles. The lowest BCUT2D eigenvalue weighted by Gasteiger charge is -2.35. The quantitative estimate of drug-likeness (QED) is 0.176. The first kappa shape index (κ1) is 34.4. The van der Waals surface area contributed by atoms with Crippen LogP contribution in [-0.4, -0.2) is 19.5 Å². The predicted octanol–water partition coefficient (Wildman–Crippen LogP) is 14.6. The smallest absolute Gasteiger partial charge is 0.167 e. The van der Waals surface area contributed by atoms with Gasteiger partial charge in [0.15, 0.2) is 17.5 Å². The summed E-state index contributed by atoms with van der Waals surface area (Å²) in [5.41, 5.74) is 8.97. The number of fused-ring (bicyclic) bond motifs is 13. The maximum absolute atomic E-state index is 7.12. The molecule has 0 saturated heterocycles. The highest BCUT2D eigenvalue weighted by Crippen LogP contribution is 2.50. The summed E-state index contributed by atoms with van der Waals surface area (Å²) in [4.78, 5) is 16.1. The number of furan rings is 3. The van der Waals surface area contributed by atoms with Crippen LogP contribution < -0.4 is 0 Å². The Morgan fingerprint density at radius 2 is 0.952 bits per heavy atom. The fourth-order valence-electron chi connectivity index (χ4n) is 10.4. The molecule has 7 heteroatoms. The van der Waals surface area contributed by atoms with Crippen LogP contribution in [0.15, 0.2) is 189 Å². The summed E-state index contributed by atoms with van der Waals surface area (Å²) in [6, 6.07) is 58.9. The molecule has 0 fully saturated rings. The van der Waals surface area contributed by atoms with E-state index in [9.17, 15) is 0 Å². The van der Waals surface area contributed by atoms with Gasteiger partial charge >= 0.3 is 0 Å². The molecule has 0 saturated carbocycles. The van der Waals surface area contributed by atoms with E-state index < -0.39 is 5.54 Å². The van der Waals surface area contributed by atoms with Crippen molar-refractivity contribution in [2.45, 2.75) is 18.9 Å². The van der Waals surface area contributed by atoms with E-state index in [-0.39, 0.29) is 0 Å². The molecule has 63 heavy (non-hydrogen) atoms. The van der Waals surface area contributed by atoms with Crippen LogP contribution in [0.2, 0.25) is 0 Å². The van der Waals surface area contributed by atoms with Gasteiger partial charge in [-0.15, -0.1) is 0 Å². The van der Waals surface area contributed by atoms with E-state index in [1.54, 1.807) is 0 Å². The number of nitrogens with zero attached hydrogens (tertiary/aromatic N) is 4. The third-order valence-electron chi connectivity index (χ3n) is 13.3. The van der Waals surface area contributed by atoms with Gasteiger partial charge < -0.3 is 17.8 Å². The molecule has 7 nitrogen and oxygen atoms in total. The second-order valence-corrected chi connectivity index (χ2v) is 16.8. The Kier molecular flexibility index (Phi) is 6.90. The van der Waals surface area contributed by atoms with E-state index in [1.807, 2.05) is 66.7 Å². The van der Waals surface area contributed by atoms with E-state index in [1.165, 1.54) is 21.5 Å². The molecule has 0 bridgehead atoms. The fourth-order valence-corrected chi connectivity index (χ4v) is 10.4. The van der Waals surface area contributed by atoms with Crippen molar-refractivity contribution in [1.29, 1.82) is 0 Å². The minimum Gasteiger partial charge on any atom is -0.458 e. The molecule has 1 unspecified atom stereocenters. The Labute approximate surface area is 359 Å². The summed E-state index contributed by atoms with van der Waals surface area (Å²) in [5, 5.41) is 9.91. The van der Waals surface area contributed by atoms with Crippen LogP contribution in [-0.2, 0) is 5.54 Å². The number of hydrogen-bond donors (Lipinski definition) is 0. The second-order valence-electron chi connectivity index (χ2n) is 16.8. The van der Waals surface area contributed by atoms with Gasteiger partial charge in [0, 0.05) is 48.8 Å². The normalized spacial score (nSPS) is 15.5. The SMILES string of the molecule is CC1(n2c3ccccc3c3cc4ccccc4cc32)CC=C(c2nc(-c3cccc4c3oc3ccccc34)nc(-c3cccc4c3oc3ccccc34)n2)c2c1oc1ccccc21. The number of rotatable bonds is 4. The fraction of sp³-hybridized carbons (Fsp3) is 0.0536. The standard InChI is InChI=1S/C56H34N4O3/c1-56(60-44-24-8-4-16-34(44)43-30-32-14-2-3-15-33(32)31-45(43)60)29-28-40(49-39-19-7-11-27-48(39)63-52(49)56)53-57-54(41-22-12-20-37-35-17-5-9-25-46(35)61-50(37)41)59-55(58-53)42-23-13-21-38-36-18-6-10-26-47(36)62-51(38)42/h2-28,30-31H,29H2,1H3. The van der Waals surface area contributed by atoms with Crippen molar-refractivity contribution in [3.63, 3.8) is 0 Å². The third-order valence-corrected chi connectivity index (χ3v) is 13.3. The Morgan fingerprint density at radius 1 is 0.444 bits per heavy atom. The summed E-state index contributed by atoms with van der Waals surface area (Å²) >= 11 is 0. The van der Waals surface area contributed by atoms with Gasteiger partial charge in [-0.1, -0.05) is 127 Å². The van der Waals surface area contributed by atoms with Gasteiger partial charge in [-0.3, -0.25) is 0 Å². The van der Waals surface area contributed by atoms with Crippen molar-refractivity contribution in [3.8, 4) is 22.8 Å². The monoisotopic (exact) mass is 810 g/mol. The maximum atomic E-state index is 7.12. The van der Waals surface area contributed by atoms with Gasteiger partial charge in [0.1, 0.15) is 39.2 Å². The zero-order valence-electron chi connectivity index (χ0n) is 34.0. The van der Waals surface area contributed by atoms with Gasteiger partial charge in [0.25, 0.3) is 0 Å². The summed E-state index contributed by atoms with van der Waals surface area (Å²) < 4.78 is 22.8. The average molecular weight is 811 g/mol. The Morgan fingerprint density at radius 3 is 1.60 bits per heavy atom. The molecule has 0 amide bonds. The van der Waals surface area contributed by atoms with Crippen LogP contribution in [0.25, 0.3) is 116 Å². The molecule has 0 spiro atoms. The van der Waals surface area contributed by atoms with Crippen LogP contribution in [0.3, 0.4) is 0 Å². The number of benzene rings is 8. The van der Waals surface area contributed by atoms with E-state index in [0.717, 1.165) is 93.9 Å². The average Bonchev–Trinajstić information content (AvgIpc) is 4.10. The lowest BCUT2D eigenvalue weighted by Crippen LogP contribution is -2.33. The van der Waals surface area contributed by atoms with Crippen molar-refractivity contribution < 1.29 is 13.3 Å². The molecule has 13 aromatic rings. The Bertz CT molecular complexity index is 3970. The number of aromatic nitrogens is 4. The molecule has 1 atom stereocenters. The zero-order valence-corrected chi connectivity index (χ0v) is 34.0.